The Kier molecular flexibility index (Phi) is 6.08. The van der Waals surface area contributed by atoms with Crippen LogP contribution in [0.5, 0.6) is 0 Å². The molecule has 6 heteroatoms. The number of amides is 1. The summed E-state index contributed by atoms with van der Waals surface area (Å²) in [5.74, 6) is -0.117. The van der Waals surface area contributed by atoms with Gasteiger partial charge in [-0.05, 0) is 19.3 Å². The molecule has 1 amide bonds. The van der Waals surface area contributed by atoms with Gasteiger partial charge in [0, 0.05) is 19.3 Å². The van der Waals surface area contributed by atoms with Gasteiger partial charge in [-0.25, -0.2) is 8.42 Å². The van der Waals surface area contributed by atoms with Crippen LogP contribution in [0.15, 0.2) is 0 Å². The van der Waals surface area contributed by atoms with E-state index in [-0.39, 0.29) is 18.1 Å². The van der Waals surface area contributed by atoms with Crippen molar-refractivity contribution in [3.8, 4) is 0 Å². The number of sulfone groups is 1. The molecule has 1 heterocycles. The molecule has 5 nitrogen and oxygen atoms in total. The van der Waals surface area contributed by atoms with Gasteiger partial charge in [0.2, 0.25) is 5.91 Å². The number of likely N-dealkylation sites (tertiary alicyclic amines) is 1. The molecule has 106 valence electrons. The van der Waals surface area contributed by atoms with E-state index in [1.165, 1.54) is 12.7 Å². The molecule has 0 aromatic heterocycles. The lowest BCUT2D eigenvalue weighted by atomic mass is 10.1. The molecule has 0 spiro atoms. The Morgan fingerprint density at radius 2 is 1.67 bits per heavy atom. The van der Waals surface area contributed by atoms with Crippen LogP contribution < -0.4 is 5.73 Å². The Labute approximate surface area is 110 Å². The molecular weight excluding hydrogens is 252 g/mol. The van der Waals surface area contributed by atoms with Crippen LogP contribution in [-0.4, -0.2) is 50.4 Å². The second-order valence-corrected chi connectivity index (χ2v) is 7.38. The molecule has 1 rings (SSSR count). The standard InChI is InChI=1S/C12H24N2O3S/c1-18(16,17)10-7-11(13)12(15)14-8-5-3-2-4-6-9-14/h11H,2-10,13H2,1H3. The first kappa shape index (κ1) is 15.4. The zero-order chi connectivity index (χ0) is 13.6. The lowest BCUT2D eigenvalue weighted by molar-refractivity contribution is -0.133. The maximum atomic E-state index is 12.1. The maximum absolute atomic E-state index is 12.1. The fourth-order valence-corrected chi connectivity index (χ4v) is 2.85. The molecule has 0 bridgehead atoms. The van der Waals surface area contributed by atoms with Crippen molar-refractivity contribution in [2.75, 3.05) is 25.1 Å². The quantitative estimate of drug-likeness (QED) is 0.812. The second kappa shape index (κ2) is 7.09. The SMILES string of the molecule is CS(=O)(=O)CCC(N)C(=O)N1CCCCCCC1. The summed E-state index contributed by atoms with van der Waals surface area (Å²) in [7, 11) is -3.05. The Morgan fingerprint density at radius 3 is 2.17 bits per heavy atom. The number of carbonyl (C=O) groups excluding carboxylic acids is 1. The lowest BCUT2D eigenvalue weighted by Gasteiger charge is -2.27. The largest absolute Gasteiger partial charge is 0.341 e. The molecule has 1 aliphatic rings. The van der Waals surface area contributed by atoms with Crippen molar-refractivity contribution in [3.63, 3.8) is 0 Å². The van der Waals surface area contributed by atoms with Crippen LogP contribution in [0, 0.1) is 0 Å². The molecule has 1 unspecified atom stereocenters. The molecule has 0 saturated carbocycles. The van der Waals surface area contributed by atoms with Gasteiger partial charge in [0.25, 0.3) is 0 Å². The zero-order valence-corrected chi connectivity index (χ0v) is 11.9. The maximum Gasteiger partial charge on any atom is 0.239 e. The van der Waals surface area contributed by atoms with Crippen molar-refractivity contribution in [2.24, 2.45) is 5.73 Å². The first-order valence-corrected chi connectivity index (χ1v) is 8.68. The van der Waals surface area contributed by atoms with Crippen LogP contribution in [0.3, 0.4) is 0 Å². The smallest absolute Gasteiger partial charge is 0.239 e. The minimum absolute atomic E-state index is 0.0201. The molecule has 1 atom stereocenters. The summed E-state index contributed by atoms with van der Waals surface area (Å²) in [5.41, 5.74) is 5.79. The molecule has 0 aromatic carbocycles. The molecule has 18 heavy (non-hydrogen) atoms. The fourth-order valence-electron chi connectivity index (χ4n) is 2.17. The predicted molar refractivity (Wildman–Crippen MR) is 72.0 cm³/mol. The minimum atomic E-state index is -3.05. The molecule has 1 saturated heterocycles. The van der Waals surface area contributed by atoms with Crippen molar-refractivity contribution >= 4 is 15.7 Å². The normalized spacial score (nSPS) is 20.0. The van der Waals surface area contributed by atoms with Gasteiger partial charge in [-0.15, -0.1) is 0 Å². The van der Waals surface area contributed by atoms with Crippen molar-refractivity contribution in [1.29, 1.82) is 0 Å². The highest BCUT2D eigenvalue weighted by Crippen LogP contribution is 2.11. The molecule has 0 radical (unpaired) electrons. The van der Waals surface area contributed by atoms with E-state index >= 15 is 0 Å². The van der Waals surface area contributed by atoms with E-state index in [9.17, 15) is 13.2 Å². The topological polar surface area (TPSA) is 80.5 Å². The van der Waals surface area contributed by atoms with E-state index < -0.39 is 15.9 Å². The van der Waals surface area contributed by atoms with Crippen molar-refractivity contribution in [1.82, 2.24) is 4.90 Å². The predicted octanol–water partition coefficient (Wildman–Crippen LogP) is 0.541. The highest BCUT2D eigenvalue weighted by atomic mass is 32.2. The van der Waals surface area contributed by atoms with Gasteiger partial charge < -0.3 is 10.6 Å². The van der Waals surface area contributed by atoms with Gasteiger partial charge in [0.15, 0.2) is 0 Å². The van der Waals surface area contributed by atoms with Crippen molar-refractivity contribution in [2.45, 2.75) is 44.6 Å². The number of nitrogens with two attached hydrogens (primary N) is 1. The van der Waals surface area contributed by atoms with Crippen LogP contribution in [0.4, 0.5) is 0 Å². The number of hydrogen-bond acceptors (Lipinski definition) is 4. The molecule has 0 aliphatic carbocycles. The summed E-state index contributed by atoms with van der Waals surface area (Å²) in [4.78, 5) is 13.9. The van der Waals surface area contributed by atoms with Gasteiger partial charge in [0.1, 0.15) is 9.84 Å². The van der Waals surface area contributed by atoms with Gasteiger partial charge in [-0.3, -0.25) is 4.79 Å². The van der Waals surface area contributed by atoms with Crippen LogP contribution in [-0.2, 0) is 14.6 Å². The molecular formula is C12H24N2O3S. The van der Waals surface area contributed by atoms with Crippen molar-refractivity contribution < 1.29 is 13.2 Å². The summed E-state index contributed by atoms with van der Waals surface area (Å²) in [5, 5.41) is 0. The summed E-state index contributed by atoms with van der Waals surface area (Å²) in [6.45, 7) is 1.51. The third-order valence-corrected chi connectivity index (χ3v) is 4.26. The summed E-state index contributed by atoms with van der Waals surface area (Å²) in [6, 6.07) is -0.681. The molecule has 1 fully saturated rings. The zero-order valence-electron chi connectivity index (χ0n) is 11.1. The van der Waals surface area contributed by atoms with E-state index in [0.29, 0.717) is 0 Å². The highest BCUT2D eigenvalue weighted by Gasteiger charge is 2.22. The van der Waals surface area contributed by atoms with E-state index in [1.54, 1.807) is 4.90 Å². The lowest BCUT2D eigenvalue weighted by Crippen LogP contribution is -2.45. The van der Waals surface area contributed by atoms with Gasteiger partial charge in [-0.2, -0.15) is 0 Å². The number of hydrogen-bond donors (Lipinski definition) is 1. The summed E-state index contributed by atoms with van der Waals surface area (Å²) >= 11 is 0. The van der Waals surface area contributed by atoms with Gasteiger partial charge >= 0.3 is 0 Å². The van der Waals surface area contributed by atoms with E-state index in [2.05, 4.69) is 0 Å². The fraction of sp³-hybridized carbons (Fsp3) is 0.917. The van der Waals surface area contributed by atoms with E-state index in [4.69, 9.17) is 5.73 Å². The Morgan fingerprint density at radius 1 is 1.17 bits per heavy atom. The third-order valence-electron chi connectivity index (χ3n) is 3.28. The van der Waals surface area contributed by atoms with Gasteiger partial charge in [-0.1, -0.05) is 19.3 Å². The van der Waals surface area contributed by atoms with Crippen molar-refractivity contribution in [3.05, 3.63) is 0 Å². The first-order chi connectivity index (χ1) is 8.40. The van der Waals surface area contributed by atoms with Crippen LogP contribution in [0.1, 0.15) is 38.5 Å². The summed E-state index contributed by atoms with van der Waals surface area (Å²) < 4.78 is 22.1. The Balaban J connectivity index is 2.45. The van der Waals surface area contributed by atoms with Crippen LogP contribution in [0.25, 0.3) is 0 Å². The first-order valence-electron chi connectivity index (χ1n) is 6.62. The number of rotatable bonds is 4. The van der Waals surface area contributed by atoms with E-state index in [0.717, 1.165) is 38.8 Å². The molecule has 2 N–H and O–H groups in total. The Bertz CT molecular complexity index is 360. The highest BCUT2D eigenvalue weighted by molar-refractivity contribution is 7.90. The molecule has 1 aliphatic heterocycles. The average Bonchev–Trinajstić information content (AvgIpc) is 2.23. The second-order valence-electron chi connectivity index (χ2n) is 5.12. The van der Waals surface area contributed by atoms with Gasteiger partial charge in [0.05, 0.1) is 11.8 Å². The van der Waals surface area contributed by atoms with Crippen LogP contribution in [0.2, 0.25) is 0 Å². The monoisotopic (exact) mass is 276 g/mol. The van der Waals surface area contributed by atoms with Crippen LogP contribution >= 0.6 is 0 Å². The molecule has 0 aromatic rings. The Hall–Kier alpha value is -0.620. The minimum Gasteiger partial charge on any atom is -0.341 e. The summed E-state index contributed by atoms with van der Waals surface area (Å²) in [6.07, 6.45) is 6.97. The third kappa shape index (κ3) is 5.82. The number of carbonyl (C=O) groups is 1. The van der Waals surface area contributed by atoms with E-state index in [1.807, 2.05) is 0 Å². The number of nitrogens with zero attached hydrogens (tertiary/aromatic N) is 1. The average molecular weight is 276 g/mol.